The lowest BCUT2D eigenvalue weighted by Crippen LogP contribution is -2.24. The molecule has 1 N–H and O–H groups in total. The highest BCUT2D eigenvalue weighted by Crippen LogP contribution is 2.33. The molecule has 8 heteroatoms. The molecule has 136 valence electrons. The number of nitro benzene ring substituents is 1. The van der Waals surface area contributed by atoms with E-state index in [1.165, 1.54) is 32.2 Å². The molecule has 0 aliphatic carbocycles. The number of benzene rings is 2. The first-order valence-electron chi connectivity index (χ1n) is 7.71. The Morgan fingerprint density at radius 3 is 2.46 bits per heavy atom. The van der Waals surface area contributed by atoms with Gasteiger partial charge in [0.05, 0.1) is 24.2 Å². The van der Waals surface area contributed by atoms with Crippen LogP contribution >= 0.6 is 0 Å². The van der Waals surface area contributed by atoms with Gasteiger partial charge in [-0.1, -0.05) is 24.3 Å². The van der Waals surface area contributed by atoms with Gasteiger partial charge in [-0.15, -0.1) is 0 Å². The minimum Gasteiger partial charge on any atom is -0.497 e. The number of hydrogen-bond acceptors (Lipinski definition) is 6. The molecule has 0 aromatic heterocycles. The first-order valence-corrected chi connectivity index (χ1v) is 7.71. The van der Waals surface area contributed by atoms with Gasteiger partial charge >= 0.3 is 11.9 Å². The molecule has 2 rings (SSSR count). The van der Waals surface area contributed by atoms with Crippen LogP contribution in [0.2, 0.25) is 0 Å². The van der Waals surface area contributed by atoms with Crippen molar-refractivity contribution in [2.75, 3.05) is 13.7 Å². The highest BCUT2D eigenvalue weighted by Gasteiger charge is 2.35. The number of methoxy groups -OCH3 is 1. The van der Waals surface area contributed by atoms with E-state index in [1.807, 2.05) is 0 Å². The van der Waals surface area contributed by atoms with Crippen LogP contribution in [-0.2, 0) is 14.3 Å². The fourth-order valence-corrected chi connectivity index (χ4v) is 2.51. The Bertz CT molecular complexity index is 847. The van der Waals surface area contributed by atoms with E-state index in [0.29, 0.717) is 16.9 Å². The average molecular weight is 359 g/mol. The average Bonchev–Trinajstić information content (AvgIpc) is 2.62. The minimum atomic E-state index is -1.77. The van der Waals surface area contributed by atoms with E-state index in [0.717, 1.165) is 0 Å². The third-order valence-electron chi connectivity index (χ3n) is 3.71. The Kier molecular flexibility index (Phi) is 5.90. The molecule has 0 radical (unpaired) electrons. The number of hydrogen-bond donors (Lipinski definition) is 1. The largest absolute Gasteiger partial charge is 0.497 e. The number of carbonyl (C=O) groups excluding carboxylic acids is 1. The predicted octanol–water partition coefficient (Wildman–Crippen LogP) is 3.00. The number of carbonyl (C=O) groups is 2. The van der Waals surface area contributed by atoms with Crippen molar-refractivity contribution in [1.29, 1.82) is 0 Å². The summed E-state index contributed by atoms with van der Waals surface area (Å²) >= 11 is 0. The van der Waals surface area contributed by atoms with Crippen molar-refractivity contribution < 1.29 is 29.1 Å². The molecular formula is C18H17NO7. The topological polar surface area (TPSA) is 116 Å². The molecule has 0 aliphatic heterocycles. The zero-order valence-electron chi connectivity index (χ0n) is 14.2. The van der Waals surface area contributed by atoms with Crippen molar-refractivity contribution in [2.24, 2.45) is 0 Å². The lowest BCUT2D eigenvalue weighted by Gasteiger charge is -2.13. The van der Waals surface area contributed by atoms with Crippen molar-refractivity contribution >= 4 is 17.6 Å². The number of ether oxygens (including phenoxy) is 2. The number of carboxylic acids is 1. The van der Waals surface area contributed by atoms with Crippen LogP contribution in [0.4, 0.5) is 5.69 Å². The van der Waals surface area contributed by atoms with Gasteiger partial charge in [-0.25, -0.2) is 0 Å². The van der Waals surface area contributed by atoms with Crippen LogP contribution in [0.1, 0.15) is 18.4 Å². The molecular weight excluding hydrogens is 342 g/mol. The van der Waals surface area contributed by atoms with Crippen LogP contribution in [0.5, 0.6) is 5.75 Å². The Morgan fingerprint density at radius 1 is 1.19 bits per heavy atom. The fraction of sp³-hybridized carbons (Fsp3) is 0.222. The number of aliphatic carboxylic acids is 1. The maximum absolute atomic E-state index is 12.0. The van der Waals surface area contributed by atoms with E-state index >= 15 is 0 Å². The van der Waals surface area contributed by atoms with Gasteiger partial charge in [-0.2, -0.15) is 0 Å². The lowest BCUT2D eigenvalue weighted by molar-refractivity contribution is -0.385. The second kappa shape index (κ2) is 8.11. The maximum atomic E-state index is 12.0. The summed E-state index contributed by atoms with van der Waals surface area (Å²) in [6, 6.07) is 10.9. The van der Waals surface area contributed by atoms with Crippen molar-refractivity contribution in [1.82, 2.24) is 0 Å². The summed E-state index contributed by atoms with van der Waals surface area (Å²) in [6.45, 7) is 1.50. The SMILES string of the molecule is CCOC(=O)C(C(=O)O)c1ccc(-c2cccc(OC)c2)cc1[N+](=O)[O-]. The van der Waals surface area contributed by atoms with E-state index in [9.17, 15) is 24.8 Å². The standard InChI is InChI=1S/C18H17NO7/c1-3-26-18(22)16(17(20)21)14-8-7-12(10-15(14)19(23)24)11-5-4-6-13(9-11)25-2/h4-10,16H,3H2,1-2H3,(H,20,21). The van der Waals surface area contributed by atoms with E-state index in [4.69, 9.17) is 9.47 Å². The van der Waals surface area contributed by atoms with Crippen molar-refractivity contribution in [3.05, 3.63) is 58.1 Å². The first kappa shape index (κ1) is 18.9. The van der Waals surface area contributed by atoms with Crippen LogP contribution in [0, 0.1) is 10.1 Å². The Morgan fingerprint density at radius 2 is 1.88 bits per heavy atom. The Labute approximate surface area is 149 Å². The molecule has 2 aromatic rings. The second-order valence-corrected chi connectivity index (χ2v) is 5.29. The van der Waals surface area contributed by atoms with Crippen LogP contribution in [0.3, 0.4) is 0 Å². The number of rotatable bonds is 7. The summed E-state index contributed by atoms with van der Waals surface area (Å²) in [5, 5.41) is 20.8. The van der Waals surface area contributed by atoms with Gasteiger partial charge in [-0.05, 0) is 30.2 Å². The van der Waals surface area contributed by atoms with Gasteiger partial charge < -0.3 is 14.6 Å². The lowest BCUT2D eigenvalue weighted by atomic mass is 9.94. The molecule has 0 heterocycles. The maximum Gasteiger partial charge on any atom is 0.325 e. The quantitative estimate of drug-likeness (QED) is 0.349. The van der Waals surface area contributed by atoms with Crippen LogP contribution in [0.25, 0.3) is 11.1 Å². The second-order valence-electron chi connectivity index (χ2n) is 5.29. The number of nitro groups is 1. The number of carboxylic acid groups (broad SMARTS) is 1. The smallest absolute Gasteiger partial charge is 0.325 e. The summed E-state index contributed by atoms with van der Waals surface area (Å²) in [6.07, 6.45) is 0. The normalized spacial score (nSPS) is 11.5. The highest BCUT2D eigenvalue weighted by atomic mass is 16.6. The number of esters is 1. The van der Waals surface area contributed by atoms with Gasteiger partial charge in [0.25, 0.3) is 5.69 Å². The zero-order valence-corrected chi connectivity index (χ0v) is 14.2. The van der Waals surface area contributed by atoms with Gasteiger partial charge in [0.1, 0.15) is 5.75 Å². The Hall–Kier alpha value is -3.42. The molecule has 26 heavy (non-hydrogen) atoms. The fourth-order valence-electron chi connectivity index (χ4n) is 2.51. The third kappa shape index (κ3) is 3.97. The van der Waals surface area contributed by atoms with Gasteiger partial charge in [0.15, 0.2) is 5.92 Å². The van der Waals surface area contributed by atoms with Gasteiger partial charge in [0, 0.05) is 6.07 Å². The molecule has 2 aromatic carbocycles. The third-order valence-corrected chi connectivity index (χ3v) is 3.71. The van der Waals surface area contributed by atoms with Crippen molar-refractivity contribution in [3.63, 3.8) is 0 Å². The van der Waals surface area contributed by atoms with E-state index in [-0.39, 0.29) is 12.2 Å². The zero-order chi connectivity index (χ0) is 19.3. The number of nitrogens with zero attached hydrogens (tertiary/aromatic N) is 1. The van der Waals surface area contributed by atoms with E-state index in [2.05, 4.69) is 0 Å². The van der Waals surface area contributed by atoms with Crippen LogP contribution in [0.15, 0.2) is 42.5 Å². The molecule has 0 bridgehead atoms. The molecule has 0 saturated carbocycles. The molecule has 1 atom stereocenters. The molecule has 0 saturated heterocycles. The van der Waals surface area contributed by atoms with Gasteiger partial charge in [-0.3, -0.25) is 19.7 Å². The summed E-state index contributed by atoms with van der Waals surface area (Å²) in [4.78, 5) is 34.2. The molecule has 1 unspecified atom stereocenters. The predicted molar refractivity (Wildman–Crippen MR) is 92.1 cm³/mol. The summed E-state index contributed by atoms with van der Waals surface area (Å²) in [5.74, 6) is -3.75. The Balaban J connectivity index is 2.56. The van der Waals surface area contributed by atoms with Crippen molar-refractivity contribution in [3.8, 4) is 16.9 Å². The van der Waals surface area contributed by atoms with Gasteiger partial charge in [0.2, 0.25) is 0 Å². The highest BCUT2D eigenvalue weighted by molar-refractivity contribution is 6.01. The van der Waals surface area contributed by atoms with Crippen LogP contribution in [-0.4, -0.2) is 35.7 Å². The molecule has 0 spiro atoms. The summed E-state index contributed by atoms with van der Waals surface area (Å²) < 4.78 is 9.87. The molecule has 0 aliphatic rings. The molecule has 0 amide bonds. The summed E-state index contributed by atoms with van der Waals surface area (Å²) in [7, 11) is 1.50. The van der Waals surface area contributed by atoms with E-state index < -0.39 is 28.5 Å². The first-order chi connectivity index (χ1) is 12.4. The van der Waals surface area contributed by atoms with E-state index in [1.54, 1.807) is 24.3 Å². The molecule has 0 fully saturated rings. The summed E-state index contributed by atoms with van der Waals surface area (Å²) in [5.41, 5.74) is 0.452. The molecule has 8 nitrogen and oxygen atoms in total. The minimum absolute atomic E-state index is 0.0295. The monoisotopic (exact) mass is 359 g/mol. The van der Waals surface area contributed by atoms with Crippen molar-refractivity contribution in [2.45, 2.75) is 12.8 Å². The van der Waals surface area contributed by atoms with Crippen LogP contribution < -0.4 is 4.74 Å².